The number of halogens is 2. The number of nitrogens with two attached hydrogens (primary N) is 1. The molecule has 0 aliphatic rings. The number of amides is 1. The minimum atomic E-state index is -0.444. The van der Waals surface area contributed by atoms with Crippen LogP contribution in [0.4, 0.5) is 5.69 Å². The molecule has 2 heterocycles. The zero-order valence-electron chi connectivity index (χ0n) is 15.0. The van der Waals surface area contributed by atoms with E-state index < -0.39 is 5.91 Å². The van der Waals surface area contributed by atoms with Crippen LogP contribution >= 0.6 is 23.2 Å². The fraction of sp³-hybridized carbons (Fsp3) is 0. The SMILES string of the molecule is N/C(=C\c1ccc(-c2cc(Cl)ccc2Cl)o1)C(=O)Nc1cccc2ncccc12. The van der Waals surface area contributed by atoms with Crippen molar-refractivity contribution >= 4 is 51.8 Å². The van der Waals surface area contributed by atoms with Gasteiger partial charge in [-0.2, -0.15) is 0 Å². The molecule has 0 aliphatic carbocycles. The van der Waals surface area contributed by atoms with Crippen molar-refractivity contribution in [1.29, 1.82) is 0 Å². The Hall–Kier alpha value is -3.28. The smallest absolute Gasteiger partial charge is 0.271 e. The van der Waals surface area contributed by atoms with E-state index in [1.54, 1.807) is 42.6 Å². The van der Waals surface area contributed by atoms with Crippen LogP contribution in [0.2, 0.25) is 10.0 Å². The summed E-state index contributed by atoms with van der Waals surface area (Å²) in [7, 11) is 0. The van der Waals surface area contributed by atoms with Gasteiger partial charge in [-0.1, -0.05) is 29.3 Å². The third-order valence-electron chi connectivity index (χ3n) is 4.27. The molecule has 3 N–H and O–H groups in total. The molecule has 1 amide bonds. The Bertz CT molecular complexity index is 1240. The summed E-state index contributed by atoms with van der Waals surface area (Å²) >= 11 is 12.2. The predicted octanol–water partition coefficient (Wildman–Crippen LogP) is 5.74. The number of benzene rings is 2. The number of hydrogen-bond acceptors (Lipinski definition) is 4. The Labute approximate surface area is 176 Å². The lowest BCUT2D eigenvalue weighted by Crippen LogP contribution is -2.19. The van der Waals surface area contributed by atoms with Crippen LogP contribution in [0.15, 0.2) is 77.0 Å². The molecular formula is C22H15Cl2N3O2. The van der Waals surface area contributed by atoms with Crippen LogP contribution in [0.5, 0.6) is 0 Å². The maximum absolute atomic E-state index is 12.5. The van der Waals surface area contributed by atoms with Crippen LogP contribution in [0.1, 0.15) is 5.76 Å². The molecular weight excluding hydrogens is 409 g/mol. The van der Waals surface area contributed by atoms with Gasteiger partial charge in [0.2, 0.25) is 0 Å². The van der Waals surface area contributed by atoms with Gasteiger partial charge >= 0.3 is 0 Å². The monoisotopic (exact) mass is 423 g/mol. The molecule has 5 nitrogen and oxygen atoms in total. The topological polar surface area (TPSA) is 81.1 Å². The standard InChI is InChI=1S/C22H15Cl2N3O2/c23-13-6-8-17(24)16(11-13)21-9-7-14(29-21)12-18(25)22(28)27-20-5-1-4-19-15(20)3-2-10-26-19/h1-12H,25H2,(H,27,28)/b18-12-. The molecule has 0 unspecified atom stereocenters. The van der Waals surface area contributed by atoms with Gasteiger partial charge in [-0.15, -0.1) is 0 Å². The Morgan fingerprint density at radius 3 is 2.79 bits per heavy atom. The molecule has 2 aromatic carbocycles. The molecule has 0 saturated heterocycles. The van der Waals surface area contributed by atoms with Crippen LogP contribution in [0.25, 0.3) is 28.3 Å². The first-order valence-electron chi connectivity index (χ1n) is 8.69. The van der Waals surface area contributed by atoms with Gasteiger partial charge in [0.1, 0.15) is 17.2 Å². The summed E-state index contributed by atoms with van der Waals surface area (Å²) in [5.41, 5.74) is 8.04. The second-order valence-electron chi connectivity index (χ2n) is 6.26. The number of pyridine rings is 1. The lowest BCUT2D eigenvalue weighted by Gasteiger charge is -2.08. The van der Waals surface area contributed by atoms with E-state index in [2.05, 4.69) is 10.3 Å². The van der Waals surface area contributed by atoms with Gasteiger partial charge in [-0.25, -0.2) is 0 Å². The Morgan fingerprint density at radius 2 is 1.93 bits per heavy atom. The summed E-state index contributed by atoms with van der Waals surface area (Å²) in [6.07, 6.45) is 3.16. The van der Waals surface area contributed by atoms with Crippen molar-refractivity contribution in [1.82, 2.24) is 4.98 Å². The summed E-state index contributed by atoms with van der Waals surface area (Å²) in [6.45, 7) is 0. The van der Waals surface area contributed by atoms with E-state index in [1.165, 1.54) is 6.08 Å². The van der Waals surface area contributed by atoms with Gasteiger partial charge in [0.25, 0.3) is 5.91 Å². The average Bonchev–Trinajstić information content (AvgIpc) is 3.18. The molecule has 7 heteroatoms. The van der Waals surface area contributed by atoms with Crippen LogP contribution in [-0.4, -0.2) is 10.9 Å². The van der Waals surface area contributed by atoms with Crippen molar-refractivity contribution in [3.63, 3.8) is 0 Å². The summed E-state index contributed by atoms with van der Waals surface area (Å²) in [5, 5.41) is 4.69. The molecule has 29 heavy (non-hydrogen) atoms. The van der Waals surface area contributed by atoms with Gasteiger partial charge in [0, 0.05) is 28.2 Å². The van der Waals surface area contributed by atoms with Gasteiger partial charge < -0.3 is 15.5 Å². The zero-order chi connectivity index (χ0) is 20.4. The molecule has 0 saturated carbocycles. The third-order valence-corrected chi connectivity index (χ3v) is 4.84. The lowest BCUT2D eigenvalue weighted by molar-refractivity contribution is -0.112. The first kappa shape index (κ1) is 19.1. The van der Waals surface area contributed by atoms with Crippen molar-refractivity contribution in [2.45, 2.75) is 0 Å². The van der Waals surface area contributed by atoms with Crippen molar-refractivity contribution in [3.8, 4) is 11.3 Å². The summed E-state index contributed by atoms with van der Waals surface area (Å²) in [6, 6.07) is 17.7. The molecule has 4 aromatic rings. The van der Waals surface area contributed by atoms with Gasteiger partial charge in [0.15, 0.2) is 0 Å². The number of anilines is 1. The Balaban J connectivity index is 1.56. The van der Waals surface area contributed by atoms with Crippen molar-refractivity contribution in [3.05, 3.63) is 88.4 Å². The van der Waals surface area contributed by atoms with E-state index in [9.17, 15) is 4.79 Å². The van der Waals surface area contributed by atoms with E-state index in [-0.39, 0.29) is 5.70 Å². The summed E-state index contributed by atoms with van der Waals surface area (Å²) in [4.78, 5) is 16.8. The van der Waals surface area contributed by atoms with E-state index in [4.69, 9.17) is 33.4 Å². The van der Waals surface area contributed by atoms with Crippen LogP contribution in [-0.2, 0) is 4.79 Å². The lowest BCUT2D eigenvalue weighted by atomic mass is 10.2. The highest BCUT2D eigenvalue weighted by Gasteiger charge is 2.12. The van der Waals surface area contributed by atoms with Gasteiger partial charge in [0.05, 0.1) is 16.2 Å². The average molecular weight is 424 g/mol. The third kappa shape index (κ3) is 4.11. The Kier molecular flexibility index (Phi) is 5.25. The fourth-order valence-electron chi connectivity index (χ4n) is 2.89. The van der Waals surface area contributed by atoms with Crippen molar-refractivity contribution < 1.29 is 9.21 Å². The summed E-state index contributed by atoms with van der Waals surface area (Å²) in [5.74, 6) is 0.500. The van der Waals surface area contributed by atoms with Gasteiger partial charge in [-0.3, -0.25) is 9.78 Å². The predicted molar refractivity (Wildman–Crippen MR) is 117 cm³/mol. The number of nitrogens with zero attached hydrogens (tertiary/aromatic N) is 1. The second kappa shape index (κ2) is 7.99. The number of carbonyl (C=O) groups is 1. The minimum Gasteiger partial charge on any atom is -0.457 e. The van der Waals surface area contributed by atoms with Gasteiger partial charge in [-0.05, 0) is 54.6 Å². The van der Waals surface area contributed by atoms with Crippen LogP contribution < -0.4 is 11.1 Å². The number of furan rings is 1. The maximum atomic E-state index is 12.5. The molecule has 4 rings (SSSR count). The normalized spacial score (nSPS) is 11.6. The van der Waals surface area contributed by atoms with E-state index >= 15 is 0 Å². The fourth-order valence-corrected chi connectivity index (χ4v) is 3.27. The molecule has 0 fully saturated rings. The molecule has 2 aromatic heterocycles. The molecule has 0 bridgehead atoms. The van der Waals surface area contributed by atoms with E-state index in [1.807, 2.05) is 24.3 Å². The highest BCUT2D eigenvalue weighted by atomic mass is 35.5. The van der Waals surface area contributed by atoms with Crippen LogP contribution in [0, 0.1) is 0 Å². The molecule has 0 atom stereocenters. The van der Waals surface area contributed by atoms with E-state index in [0.717, 1.165) is 10.9 Å². The Morgan fingerprint density at radius 1 is 1.07 bits per heavy atom. The highest BCUT2D eigenvalue weighted by molar-refractivity contribution is 6.35. The molecule has 144 valence electrons. The number of nitrogens with one attached hydrogen (secondary N) is 1. The summed E-state index contributed by atoms with van der Waals surface area (Å²) < 4.78 is 5.76. The number of fused-ring (bicyclic) bond motifs is 1. The quantitative estimate of drug-likeness (QED) is 0.410. The highest BCUT2D eigenvalue weighted by Crippen LogP contribution is 2.32. The van der Waals surface area contributed by atoms with E-state index in [0.29, 0.717) is 32.8 Å². The number of aromatic nitrogens is 1. The zero-order valence-corrected chi connectivity index (χ0v) is 16.5. The molecule has 0 spiro atoms. The maximum Gasteiger partial charge on any atom is 0.271 e. The minimum absolute atomic E-state index is 0.00369. The largest absolute Gasteiger partial charge is 0.457 e. The number of rotatable bonds is 4. The van der Waals surface area contributed by atoms with Crippen LogP contribution in [0.3, 0.4) is 0 Å². The van der Waals surface area contributed by atoms with Crippen molar-refractivity contribution in [2.24, 2.45) is 5.73 Å². The number of carbonyl (C=O) groups excluding carboxylic acids is 1. The molecule has 0 aliphatic heterocycles. The number of hydrogen-bond donors (Lipinski definition) is 2. The van der Waals surface area contributed by atoms with Crippen molar-refractivity contribution in [2.75, 3.05) is 5.32 Å². The second-order valence-corrected chi connectivity index (χ2v) is 7.10. The first-order chi connectivity index (χ1) is 14.0. The molecule has 0 radical (unpaired) electrons. The first-order valence-corrected chi connectivity index (χ1v) is 9.44.